The fraction of sp³-hybridized carbons (Fsp3) is 0.462. The maximum absolute atomic E-state index is 12.1. The number of aromatic amines is 1. The molecule has 0 spiro atoms. The summed E-state index contributed by atoms with van der Waals surface area (Å²) in [6, 6.07) is 1.79. The molecule has 1 N–H and O–H groups in total. The molecule has 0 aliphatic carbocycles. The molecule has 7 heteroatoms. The van der Waals surface area contributed by atoms with Crippen LogP contribution in [0, 0.1) is 4.77 Å². The Labute approximate surface area is 126 Å². The van der Waals surface area contributed by atoms with Crippen molar-refractivity contribution in [1.82, 2.24) is 19.4 Å². The average Bonchev–Trinajstić information content (AvgIpc) is 3.03. The first-order valence-electron chi connectivity index (χ1n) is 6.67. The molecule has 3 rings (SSSR count). The van der Waals surface area contributed by atoms with E-state index in [9.17, 15) is 4.79 Å². The number of aromatic nitrogens is 3. The summed E-state index contributed by atoms with van der Waals surface area (Å²) >= 11 is 11.2. The molecule has 0 radical (unpaired) electrons. The zero-order chi connectivity index (χ0) is 14.1. The standard InChI is InChI=1S/C13H15ClN4OS/c14-9-7-10-12(15-8-9)18(13(20)16-10)6-3-11(19)17-4-1-2-5-17/h7-8H,1-6H2,(H,16,20). The van der Waals surface area contributed by atoms with Crippen LogP contribution in [-0.4, -0.2) is 38.4 Å². The second-order valence-electron chi connectivity index (χ2n) is 4.94. The van der Waals surface area contributed by atoms with Crippen LogP contribution in [0.15, 0.2) is 12.3 Å². The van der Waals surface area contributed by atoms with Crippen molar-refractivity contribution in [1.29, 1.82) is 0 Å². The molecule has 1 amide bonds. The number of pyridine rings is 1. The van der Waals surface area contributed by atoms with Gasteiger partial charge in [-0.2, -0.15) is 0 Å². The molecule has 0 saturated carbocycles. The van der Waals surface area contributed by atoms with E-state index < -0.39 is 0 Å². The number of amides is 1. The van der Waals surface area contributed by atoms with Crippen molar-refractivity contribution in [2.24, 2.45) is 0 Å². The summed E-state index contributed by atoms with van der Waals surface area (Å²) < 4.78 is 2.43. The average molecular weight is 311 g/mol. The van der Waals surface area contributed by atoms with Gasteiger partial charge in [-0.05, 0) is 31.1 Å². The van der Waals surface area contributed by atoms with Crippen LogP contribution >= 0.6 is 23.8 Å². The van der Waals surface area contributed by atoms with Gasteiger partial charge in [0.05, 0.1) is 10.5 Å². The minimum absolute atomic E-state index is 0.188. The fourth-order valence-electron chi connectivity index (χ4n) is 2.56. The third-order valence-electron chi connectivity index (χ3n) is 3.58. The molecule has 0 atom stereocenters. The van der Waals surface area contributed by atoms with Gasteiger partial charge in [0.2, 0.25) is 5.91 Å². The number of nitrogens with zero attached hydrogens (tertiary/aromatic N) is 3. The zero-order valence-corrected chi connectivity index (χ0v) is 12.5. The van der Waals surface area contributed by atoms with Gasteiger partial charge in [0, 0.05) is 32.3 Å². The van der Waals surface area contributed by atoms with E-state index in [0.717, 1.165) is 37.1 Å². The number of aryl methyl sites for hydroxylation is 1. The molecule has 2 aromatic heterocycles. The molecule has 1 aliphatic rings. The van der Waals surface area contributed by atoms with Crippen LogP contribution in [0.3, 0.4) is 0 Å². The van der Waals surface area contributed by atoms with E-state index in [2.05, 4.69) is 9.97 Å². The smallest absolute Gasteiger partial charge is 0.224 e. The van der Waals surface area contributed by atoms with Gasteiger partial charge in [0.1, 0.15) is 0 Å². The number of likely N-dealkylation sites (tertiary alicyclic amines) is 1. The Bertz CT molecular complexity index is 702. The number of rotatable bonds is 3. The fourth-order valence-corrected chi connectivity index (χ4v) is 3.00. The summed E-state index contributed by atoms with van der Waals surface area (Å²) in [6.07, 6.45) is 4.26. The second-order valence-corrected chi connectivity index (χ2v) is 5.77. The number of hydrogen-bond donors (Lipinski definition) is 1. The van der Waals surface area contributed by atoms with Gasteiger partial charge in [0.15, 0.2) is 10.4 Å². The largest absolute Gasteiger partial charge is 0.343 e. The van der Waals surface area contributed by atoms with Crippen molar-refractivity contribution in [3.8, 4) is 0 Å². The molecule has 0 bridgehead atoms. The highest BCUT2D eigenvalue weighted by atomic mass is 35.5. The number of imidazole rings is 1. The highest BCUT2D eigenvalue weighted by molar-refractivity contribution is 7.71. The highest BCUT2D eigenvalue weighted by Crippen LogP contribution is 2.17. The lowest BCUT2D eigenvalue weighted by molar-refractivity contribution is -0.130. The topological polar surface area (TPSA) is 53.9 Å². The Kier molecular flexibility index (Phi) is 3.76. The van der Waals surface area contributed by atoms with E-state index in [4.69, 9.17) is 23.8 Å². The van der Waals surface area contributed by atoms with Crippen LogP contribution in [0.25, 0.3) is 11.2 Å². The van der Waals surface area contributed by atoms with Crippen molar-refractivity contribution in [3.05, 3.63) is 22.1 Å². The van der Waals surface area contributed by atoms with Crippen molar-refractivity contribution in [2.45, 2.75) is 25.8 Å². The molecule has 1 aliphatic heterocycles. The lowest BCUT2D eigenvalue weighted by Crippen LogP contribution is -2.28. The number of carbonyl (C=O) groups excluding carboxylic acids is 1. The molecular formula is C13H15ClN4OS. The van der Waals surface area contributed by atoms with Crippen LogP contribution in [0.1, 0.15) is 19.3 Å². The summed E-state index contributed by atoms with van der Waals surface area (Å²) in [5, 5.41) is 0.564. The number of fused-ring (bicyclic) bond motifs is 1. The monoisotopic (exact) mass is 310 g/mol. The van der Waals surface area contributed by atoms with Crippen molar-refractivity contribution < 1.29 is 4.79 Å². The molecule has 1 saturated heterocycles. The number of H-pyrrole nitrogens is 1. The molecule has 106 valence electrons. The van der Waals surface area contributed by atoms with Gasteiger partial charge in [0.25, 0.3) is 0 Å². The van der Waals surface area contributed by atoms with Crippen LogP contribution in [0.2, 0.25) is 5.02 Å². The minimum atomic E-state index is 0.188. The molecule has 0 unspecified atom stereocenters. The lowest BCUT2D eigenvalue weighted by Gasteiger charge is -2.15. The predicted molar refractivity (Wildman–Crippen MR) is 80.4 cm³/mol. The van der Waals surface area contributed by atoms with Gasteiger partial charge < -0.3 is 14.5 Å². The highest BCUT2D eigenvalue weighted by Gasteiger charge is 2.18. The third kappa shape index (κ3) is 2.58. The molecule has 2 aromatic rings. The van der Waals surface area contributed by atoms with Crippen LogP contribution in [0.5, 0.6) is 0 Å². The number of carbonyl (C=O) groups is 1. The molecule has 5 nitrogen and oxygen atoms in total. The number of hydrogen-bond acceptors (Lipinski definition) is 3. The van der Waals surface area contributed by atoms with E-state index in [1.54, 1.807) is 12.3 Å². The van der Waals surface area contributed by atoms with Gasteiger partial charge in [-0.3, -0.25) is 4.79 Å². The normalized spacial score (nSPS) is 15.2. The summed E-state index contributed by atoms with van der Waals surface area (Å²) in [4.78, 5) is 21.3. The summed E-state index contributed by atoms with van der Waals surface area (Å²) in [6.45, 7) is 2.31. The van der Waals surface area contributed by atoms with E-state index in [1.165, 1.54) is 0 Å². The van der Waals surface area contributed by atoms with Crippen LogP contribution in [0.4, 0.5) is 0 Å². The van der Waals surface area contributed by atoms with E-state index in [-0.39, 0.29) is 5.91 Å². The molecular weight excluding hydrogens is 296 g/mol. The summed E-state index contributed by atoms with van der Waals surface area (Å²) in [5.74, 6) is 0.188. The number of nitrogens with one attached hydrogen (secondary N) is 1. The Morgan fingerprint density at radius 3 is 2.95 bits per heavy atom. The van der Waals surface area contributed by atoms with Gasteiger partial charge in [-0.15, -0.1) is 0 Å². The Morgan fingerprint density at radius 1 is 1.45 bits per heavy atom. The van der Waals surface area contributed by atoms with Crippen molar-refractivity contribution in [3.63, 3.8) is 0 Å². The van der Waals surface area contributed by atoms with Crippen molar-refractivity contribution >= 4 is 40.9 Å². The molecule has 0 aromatic carbocycles. The van der Waals surface area contributed by atoms with E-state index in [1.807, 2.05) is 9.47 Å². The van der Waals surface area contributed by atoms with Gasteiger partial charge >= 0.3 is 0 Å². The first-order chi connectivity index (χ1) is 9.65. The van der Waals surface area contributed by atoms with Crippen molar-refractivity contribution in [2.75, 3.05) is 13.1 Å². The maximum Gasteiger partial charge on any atom is 0.224 e. The first kappa shape index (κ1) is 13.6. The Hall–Kier alpha value is -1.40. The summed E-state index contributed by atoms with van der Waals surface area (Å²) in [7, 11) is 0. The van der Waals surface area contributed by atoms with Gasteiger partial charge in [-0.1, -0.05) is 11.6 Å². The molecule has 1 fully saturated rings. The summed E-state index contributed by atoms with van der Waals surface area (Å²) in [5.41, 5.74) is 1.55. The Balaban J connectivity index is 1.78. The SMILES string of the molecule is O=C(CCn1c(=S)[nH]c2cc(Cl)cnc21)N1CCCC1. The molecule has 20 heavy (non-hydrogen) atoms. The maximum atomic E-state index is 12.1. The van der Waals surface area contributed by atoms with Crippen LogP contribution < -0.4 is 0 Å². The Morgan fingerprint density at radius 2 is 2.20 bits per heavy atom. The number of halogens is 1. The molecule has 3 heterocycles. The third-order valence-corrected chi connectivity index (χ3v) is 4.11. The first-order valence-corrected chi connectivity index (χ1v) is 7.45. The lowest BCUT2D eigenvalue weighted by atomic mass is 10.3. The minimum Gasteiger partial charge on any atom is -0.343 e. The van der Waals surface area contributed by atoms with E-state index in [0.29, 0.717) is 22.8 Å². The second kappa shape index (κ2) is 5.54. The predicted octanol–water partition coefficient (Wildman–Crippen LogP) is 2.76. The van der Waals surface area contributed by atoms with Gasteiger partial charge in [-0.25, -0.2) is 4.98 Å². The quantitative estimate of drug-likeness (QED) is 0.887. The van der Waals surface area contributed by atoms with Crippen LogP contribution in [-0.2, 0) is 11.3 Å². The zero-order valence-electron chi connectivity index (χ0n) is 10.9. The van der Waals surface area contributed by atoms with E-state index >= 15 is 0 Å².